The van der Waals surface area contributed by atoms with E-state index in [1.54, 1.807) is 0 Å². The molecule has 164 valence electrons. The average Bonchev–Trinajstić information content (AvgIpc) is 2.61. The Kier molecular flexibility index (Phi) is 6.35. The van der Waals surface area contributed by atoms with Crippen LogP contribution in [0.3, 0.4) is 0 Å². The number of alkyl halides is 8. The predicted molar refractivity (Wildman–Crippen MR) is 81.2 cm³/mol. The molecule has 1 aromatic heterocycles. The van der Waals surface area contributed by atoms with Gasteiger partial charge in [-0.25, -0.2) is 13.2 Å². The number of hydrogen-bond acceptors (Lipinski definition) is 4. The molecule has 0 saturated carbocycles. The van der Waals surface area contributed by atoms with Gasteiger partial charge >= 0.3 is 12.5 Å². The van der Waals surface area contributed by atoms with Crippen molar-refractivity contribution in [2.75, 3.05) is 0 Å². The number of aromatic nitrogens is 1. The van der Waals surface area contributed by atoms with Crippen molar-refractivity contribution < 1.29 is 54.2 Å². The summed E-state index contributed by atoms with van der Waals surface area (Å²) >= 11 is 0. The van der Waals surface area contributed by atoms with Gasteiger partial charge < -0.3 is 9.84 Å². The SMILES string of the molecule is O=C(CC(O)(c1ccc(OC(F)(F)F)c(F)c1)C(F)(F)F)c1ccc(C(F)F)cn1. The zero-order chi connectivity index (χ0) is 22.9. The summed E-state index contributed by atoms with van der Waals surface area (Å²) in [5, 5.41) is 10.1. The molecular weight excluding hydrogens is 437 g/mol. The Balaban J connectivity index is 2.38. The van der Waals surface area contributed by atoms with Crippen molar-refractivity contribution >= 4 is 5.78 Å². The van der Waals surface area contributed by atoms with Crippen LogP contribution in [0.15, 0.2) is 36.5 Å². The number of nitrogens with zero attached hydrogens (tertiary/aromatic N) is 1. The minimum absolute atomic E-state index is 0.0604. The molecular formula is C17H10F9NO3. The second-order valence-corrected chi connectivity index (χ2v) is 5.93. The first-order valence-corrected chi connectivity index (χ1v) is 7.76. The Morgan fingerprint density at radius 2 is 1.70 bits per heavy atom. The molecule has 2 aromatic rings. The maximum atomic E-state index is 13.8. The molecule has 0 saturated heterocycles. The van der Waals surface area contributed by atoms with Crippen LogP contribution < -0.4 is 4.74 Å². The lowest BCUT2D eigenvalue weighted by atomic mass is 9.87. The van der Waals surface area contributed by atoms with Gasteiger partial charge in [-0.1, -0.05) is 6.07 Å². The first-order chi connectivity index (χ1) is 13.6. The van der Waals surface area contributed by atoms with Crippen molar-refractivity contribution in [3.8, 4) is 5.75 Å². The lowest BCUT2D eigenvalue weighted by Gasteiger charge is -2.30. The van der Waals surface area contributed by atoms with E-state index < -0.39 is 65.2 Å². The molecule has 1 unspecified atom stereocenters. The summed E-state index contributed by atoms with van der Waals surface area (Å²) < 4.78 is 119. The van der Waals surface area contributed by atoms with Crippen LogP contribution in [-0.2, 0) is 5.60 Å². The number of ether oxygens (including phenoxy) is 1. The molecule has 2 rings (SSSR count). The highest BCUT2D eigenvalue weighted by Gasteiger charge is 2.56. The van der Waals surface area contributed by atoms with Crippen LogP contribution in [0.2, 0.25) is 0 Å². The second-order valence-electron chi connectivity index (χ2n) is 5.93. The zero-order valence-electron chi connectivity index (χ0n) is 14.4. The fourth-order valence-electron chi connectivity index (χ4n) is 2.35. The van der Waals surface area contributed by atoms with Gasteiger partial charge in [-0.15, -0.1) is 13.2 Å². The third kappa shape index (κ3) is 5.20. The molecule has 0 aliphatic carbocycles. The van der Waals surface area contributed by atoms with Gasteiger partial charge in [0, 0.05) is 11.8 Å². The Bertz CT molecular complexity index is 910. The van der Waals surface area contributed by atoms with Gasteiger partial charge in [-0.2, -0.15) is 13.2 Å². The second kappa shape index (κ2) is 8.13. The smallest absolute Gasteiger partial charge is 0.403 e. The zero-order valence-corrected chi connectivity index (χ0v) is 14.4. The number of carbonyl (C=O) groups is 1. The van der Waals surface area contributed by atoms with Crippen LogP contribution in [0, 0.1) is 5.82 Å². The van der Waals surface area contributed by atoms with Gasteiger partial charge in [0.25, 0.3) is 6.43 Å². The highest BCUT2D eigenvalue weighted by atomic mass is 19.4. The molecule has 0 radical (unpaired) electrons. The molecule has 0 bridgehead atoms. The fourth-order valence-corrected chi connectivity index (χ4v) is 2.35. The fraction of sp³-hybridized carbons (Fsp3) is 0.294. The van der Waals surface area contributed by atoms with Crippen LogP contribution in [0.5, 0.6) is 5.75 Å². The maximum absolute atomic E-state index is 13.8. The van der Waals surface area contributed by atoms with Crippen molar-refractivity contribution in [1.82, 2.24) is 4.98 Å². The lowest BCUT2D eigenvalue weighted by molar-refractivity contribution is -0.275. The van der Waals surface area contributed by atoms with E-state index in [4.69, 9.17) is 0 Å². The first kappa shape index (κ1) is 23.4. The van der Waals surface area contributed by atoms with Gasteiger partial charge in [0.05, 0.1) is 6.42 Å². The minimum atomic E-state index is -5.57. The molecule has 30 heavy (non-hydrogen) atoms. The Morgan fingerprint density at radius 1 is 1.07 bits per heavy atom. The van der Waals surface area contributed by atoms with Crippen molar-refractivity contribution in [1.29, 1.82) is 0 Å². The predicted octanol–water partition coefficient (Wildman–Crippen LogP) is 5.08. The van der Waals surface area contributed by atoms with E-state index in [0.717, 1.165) is 6.07 Å². The molecule has 1 N–H and O–H groups in total. The average molecular weight is 447 g/mol. The molecule has 1 heterocycles. The third-order valence-corrected chi connectivity index (χ3v) is 3.84. The number of pyridine rings is 1. The van der Waals surface area contributed by atoms with E-state index in [1.165, 1.54) is 0 Å². The summed E-state index contributed by atoms with van der Waals surface area (Å²) in [7, 11) is 0. The third-order valence-electron chi connectivity index (χ3n) is 3.84. The number of carbonyl (C=O) groups excluding carboxylic acids is 1. The monoisotopic (exact) mass is 447 g/mol. The largest absolute Gasteiger partial charge is 0.573 e. The van der Waals surface area contributed by atoms with Crippen LogP contribution >= 0.6 is 0 Å². The minimum Gasteiger partial charge on any atom is -0.403 e. The van der Waals surface area contributed by atoms with E-state index in [9.17, 15) is 49.4 Å². The molecule has 0 spiro atoms. The van der Waals surface area contributed by atoms with Gasteiger partial charge in [-0.05, 0) is 29.8 Å². The number of rotatable bonds is 6. The number of ketones is 1. The van der Waals surface area contributed by atoms with Crippen LogP contribution in [-0.4, -0.2) is 28.4 Å². The van der Waals surface area contributed by atoms with E-state index in [0.29, 0.717) is 18.3 Å². The quantitative estimate of drug-likeness (QED) is 0.496. The molecule has 0 amide bonds. The summed E-state index contributed by atoms with van der Waals surface area (Å²) in [5.41, 5.74) is -6.59. The van der Waals surface area contributed by atoms with E-state index in [-0.39, 0.29) is 12.1 Å². The van der Waals surface area contributed by atoms with E-state index >= 15 is 0 Å². The summed E-state index contributed by atoms with van der Waals surface area (Å²) in [6, 6.07) is 1.89. The Hall–Kier alpha value is -2.83. The summed E-state index contributed by atoms with van der Waals surface area (Å²) in [5.74, 6) is -4.77. The number of aliphatic hydroxyl groups is 1. The number of hydrogen-bond donors (Lipinski definition) is 1. The van der Waals surface area contributed by atoms with Gasteiger partial charge in [0.15, 0.2) is 23.0 Å². The van der Waals surface area contributed by atoms with Crippen LogP contribution in [0.4, 0.5) is 39.5 Å². The van der Waals surface area contributed by atoms with Crippen LogP contribution in [0.25, 0.3) is 0 Å². The summed E-state index contributed by atoms with van der Waals surface area (Å²) in [6.07, 6.45) is -15.0. The van der Waals surface area contributed by atoms with Crippen molar-refractivity contribution in [2.24, 2.45) is 0 Å². The van der Waals surface area contributed by atoms with Gasteiger partial charge in [0.1, 0.15) is 5.69 Å². The van der Waals surface area contributed by atoms with E-state index in [2.05, 4.69) is 9.72 Å². The summed E-state index contributed by atoms with van der Waals surface area (Å²) in [4.78, 5) is 15.4. The normalized spacial score (nSPS) is 14.5. The molecule has 1 aromatic carbocycles. The van der Waals surface area contributed by atoms with Gasteiger partial charge in [0.2, 0.25) is 0 Å². The molecule has 1 atom stereocenters. The highest BCUT2D eigenvalue weighted by molar-refractivity contribution is 5.95. The molecule has 13 heteroatoms. The lowest BCUT2D eigenvalue weighted by Crippen LogP contribution is -2.44. The van der Waals surface area contributed by atoms with Crippen LogP contribution in [0.1, 0.15) is 34.5 Å². The van der Waals surface area contributed by atoms with Crippen molar-refractivity contribution in [2.45, 2.75) is 31.0 Å². The first-order valence-electron chi connectivity index (χ1n) is 7.76. The highest BCUT2D eigenvalue weighted by Crippen LogP contribution is 2.43. The summed E-state index contributed by atoms with van der Waals surface area (Å²) in [6.45, 7) is 0. The van der Waals surface area contributed by atoms with Crippen molar-refractivity contribution in [3.63, 3.8) is 0 Å². The van der Waals surface area contributed by atoms with E-state index in [1.807, 2.05) is 0 Å². The molecule has 0 aliphatic rings. The van der Waals surface area contributed by atoms with Gasteiger partial charge in [-0.3, -0.25) is 9.78 Å². The molecule has 0 fully saturated rings. The van der Waals surface area contributed by atoms with Crippen molar-refractivity contribution in [3.05, 3.63) is 59.2 Å². The number of benzene rings is 1. The standard InChI is InChI=1S/C17H10F9NO3/c18-10-5-9(2-4-13(10)30-17(24,25)26)15(29,16(21,22)23)6-12(28)11-3-1-8(7-27-11)14(19)20/h1-5,7,14,29H,6H2. The topological polar surface area (TPSA) is 59.4 Å². The Morgan fingerprint density at radius 3 is 2.13 bits per heavy atom. The Labute approximate surface area is 161 Å². The molecule has 0 aliphatic heterocycles. The molecule has 4 nitrogen and oxygen atoms in total. The number of Topliss-reactive ketones (excluding diaryl/α,β-unsaturated/α-hetero) is 1. The number of halogens is 9. The maximum Gasteiger partial charge on any atom is 0.573 e.